The Hall–Kier alpha value is -5.52. The summed E-state index contributed by atoms with van der Waals surface area (Å²) in [6.45, 7) is 0. The largest absolute Gasteiger partial charge is 0.504 e. The van der Waals surface area contributed by atoms with Gasteiger partial charge in [0.2, 0.25) is 34.8 Å². The summed E-state index contributed by atoms with van der Waals surface area (Å²) in [6.07, 6.45) is 0. The van der Waals surface area contributed by atoms with E-state index in [9.17, 15) is 29.7 Å². The summed E-state index contributed by atoms with van der Waals surface area (Å²) in [5, 5.41) is 29.6. The fraction of sp³-hybridized carbons (Fsp3) is 0.111. The van der Waals surface area contributed by atoms with Crippen LogP contribution in [-0.2, 0) is 0 Å². The second kappa shape index (κ2) is 10.8. The van der Waals surface area contributed by atoms with Gasteiger partial charge in [-0.25, -0.2) is 15.0 Å². The second-order valence-electron chi connectivity index (χ2n) is 7.95. The van der Waals surface area contributed by atoms with Gasteiger partial charge >= 0.3 is 0 Å². The molecular formula is C27H21N3O9. The van der Waals surface area contributed by atoms with Gasteiger partial charge in [0.25, 0.3) is 0 Å². The molecule has 0 aliphatic heterocycles. The third kappa shape index (κ3) is 5.30. The Kier molecular flexibility index (Phi) is 7.38. The van der Waals surface area contributed by atoms with Crippen molar-refractivity contribution in [3.8, 4) is 34.5 Å². The molecule has 12 nitrogen and oxygen atoms in total. The molecule has 3 N–H and O–H groups in total. The molecule has 0 fully saturated rings. The summed E-state index contributed by atoms with van der Waals surface area (Å²) < 4.78 is 15.1. The summed E-state index contributed by atoms with van der Waals surface area (Å²) in [7, 11) is 3.91. The Bertz CT molecular complexity index is 1420. The maximum atomic E-state index is 13.3. The van der Waals surface area contributed by atoms with Gasteiger partial charge in [0.15, 0.2) is 34.5 Å². The number of phenolic OH excluding ortho intramolecular Hbond substituents is 3. The summed E-state index contributed by atoms with van der Waals surface area (Å²) >= 11 is 0. The van der Waals surface area contributed by atoms with Gasteiger partial charge in [-0.15, -0.1) is 0 Å². The van der Waals surface area contributed by atoms with Crippen molar-refractivity contribution < 1.29 is 43.9 Å². The third-order valence-electron chi connectivity index (χ3n) is 5.57. The molecule has 0 bridgehead atoms. The maximum absolute atomic E-state index is 13.3. The molecule has 0 atom stereocenters. The summed E-state index contributed by atoms with van der Waals surface area (Å²) in [6, 6.07) is 11.3. The van der Waals surface area contributed by atoms with Gasteiger partial charge < -0.3 is 29.5 Å². The first-order valence-electron chi connectivity index (χ1n) is 11.2. The van der Waals surface area contributed by atoms with E-state index in [0.29, 0.717) is 0 Å². The molecule has 198 valence electrons. The van der Waals surface area contributed by atoms with Crippen LogP contribution in [0.1, 0.15) is 48.5 Å². The molecule has 0 radical (unpaired) electrons. The number of methoxy groups -OCH3 is 3. The molecule has 4 aromatic rings. The van der Waals surface area contributed by atoms with Crippen LogP contribution >= 0.6 is 0 Å². The van der Waals surface area contributed by atoms with Crippen LogP contribution < -0.4 is 14.2 Å². The lowest BCUT2D eigenvalue weighted by molar-refractivity contribution is 0.101. The predicted molar refractivity (Wildman–Crippen MR) is 134 cm³/mol. The Balaban J connectivity index is 1.86. The quantitative estimate of drug-likeness (QED) is 0.269. The van der Waals surface area contributed by atoms with Crippen LogP contribution in [0.25, 0.3) is 0 Å². The first-order valence-corrected chi connectivity index (χ1v) is 11.2. The van der Waals surface area contributed by atoms with Crippen LogP contribution in [0.4, 0.5) is 0 Å². The molecule has 12 heteroatoms. The van der Waals surface area contributed by atoms with Crippen molar-refractivity contribution in [2.45, 2.75) is 0 Å². The van der Waals surface area contributed by atoms with Gasteiger partial charge in [0.05, 0.1) is 21.3 Å². The number of hydrogen-bond donors (Lipinski definition) is 3. The minimum absolute atomic E-state index is 0.00486. The van der Waals surface area contributed by atoms with E-state index in [2.05, 4.69) is 15.0 Å². The molecule has 39 heavy (non-hydrogen) atoms. The second-order valence-corrected chi connectivity index (χ2v) is 7.95. The lowest BCUT2D eigenvalue weighted by Crippen LogP contribution is -2.20. The van der Waals surface area contributed by atoms with Crippen LogP contribution in [0.2, 0.25) is 0 Å². The molecule has 0 unspecified atom stereocenters. The smallest absolute Gasteiger partial charge is 0.230 e. The number of hydrogen-bond acceptors (Lipinski definition) is 12. The topological polar surface area (TPSA) is 178 Å². The number of aromatic nitrogens is 3. The number of rotatable bonds is 9. The first kappa shape index (κ1) is 26.5. The van der Waals surface area contributed by atoms with E-state index in [1.807, 2.05) is 0 Å². The summed E-state index contributed by atoms with van der Waals surface area (Å²) in [5.74, 6) is -4.54. The van der Waals surface area contributed by atoms with E-state index in [1.165, 1.54) is 75.9 Å². The number of aromatic hydroxyl groups is 3. The van der Waals surface area contributed by atoms with Gasteiger partial charge in [0.1, 0.15) is 0 Å². The van der Waals surface area contributed by atoms with Gasteiger partial charge in [-0.2, -0.15) is 0 Å². The Labute approximate surface area is 221 Å². The zero-order valence-corrected chi connectivity index (χ0v) is 20.8. The highest BCUT2D eigenvalue weighted by molar-refractivity contribution is 6.12. The van der Waals surface area contributed by atoms with Crippen molar-refractivity contribution in [1.29, 1.82) is 0 Å². The summed E-state index contributed by atoms with van der Waals surface area (Å²) in [4.78, 5) is 52.0. The number of nitrogens with zero attached hydrogens (tertiary/aromatic N) is 3. The fourth-order valence-corrected chi connectivity index (χ4v) is 3.52. The lowest BCUT2D eigenvalue weighted by atomic mass is 10.1. The minimum Gasteiger partial charge on any atom is -0.504 e. The van der Waals surface area contributed by atoms with Crippen LogP contribution in [0.5, 0.6) is 34.5 Å². The normalized spacial score (nSPS) is 10.5. The van der Waals surface area contributed by atoms with E-state index < -0.39 is 34.8 Å². The summed E-state index contributed by atoms with van der Waals surface area (Å²) in [5.41, 5.74) is 0.0146. The molecule has 0 aliphatic rings. The molecule has 1 aromatic heterocycles. The molecule has 4 rings (SSSR count). The number of carbonyl (C=O) groups excluding carboxylic acids is 3. The van der Waals surface area contributed by atoms with Gasteiger partial charge in [-0.05, 0) is 54.6 Å². The van der Waals surface area contributed by atoms with Crippen molar-refractivity contribution in [1.82, 2.24) is 15.0 Å². The molecule has 0 aliphatic carbocycles. The molecule has 0 amide bonds. The SMILES string of the molecule is COc1cc(C(=O)c2nc(C(=O)c3ccc(O)c(OC)c3)nc(C(=O)c3ccc(O)c(OC)c3)n2)ccc1O. The maximum Gasteiger partial charge on any atom is 0.230 e. The minimum atomic E-state index is -0.787. The lowest BCUT2D eigenvalue weighted by Gasteiger charge is -2.09. The molecule has 0 spiro atoms. The van der Waals surface area contributed by atoms with Crippen molar-refractivity contribution in [2.24, 2.45) is 0 Å². The van der Waals surface area contributed by atoms with Crippen LogP contribution in [0.3, 0.4) is 0 Å². The van der Waals surface area contributed by atoms with E-state index in [-0.39, 0.29) is 51.2 Å². The average molecular weight is 531 g/mol. The molecule has 1 heterocycles. The first-order chi connectivity index (χ1) is 18.7. The van der Waals surface area contributed by atoms with Crippen molar-refractivity contribution >= 4 is 17.3 Å². The molecule has 0 saturated heterocycles. The van der Waals surface area contributed by atoms with Gasteiger partial charge in [-0.1, -0.05) is 0 Å². The van der Waals surface area contributed by atoms with Crippen molar-refractivity contribution in [2.75, 3.05) is 21.3 Å². The van der Waals surface area contributed by atoms with Crippen molar-refractivity contribution in [3.63, 3.8) is 0 Å². The van der Waals surface area contributed by atoms with Gasteiger partial charge in [0, 0.05) is 16.7 Å². The molecule has 0 saturated carbocycles. The molecular weight excluding hydrogens is 510 g/mol. The zero-order valence-electron chi connectivity index (χ0n) is 20.8. The highest BCUT2D eigenvalue weighted by Gasteiger charge is 2.25. The average Bonchev–Trinajstić information content (AvgIpc) is 2.96. The Morgan fingerprint density at radius 3 is 1.00 bits per heavy atom. The van der Waals surface area contributed by atoms with E-state index in [4.69, 9.17) is 14.2 Å². The Morgan fingerprint density at radius 2 is 0.769 bits per heavy atom. The fourth-order valence-electron chi connectivity index (χ4n) is 3.52. The number of ketones is 3. The van der Waals surface area contributed by atoms with Crippen LogP contribution in [0.15, 0.2) is 54.6 Å². The molecule has 3 aromatic carbocycles. The van der Waals surface area contributed by atoms with Crippen LogP contribution in [-0.4, -0.2) is 69.0 Å². The number of carbonyl (C=O) groups is 3. The number of benzene rings is 3. The zero-order chi connectivity index (χ0) is 28.3. The predicted octanol–water partition coefficient (Wildman–Crippen LogP) is 2.71. The Morgan fingerprint density at radius 1 is 0.513 bits per heavy atom. The van der Waals surface area contributed by atoms with E-state index in [0.717, 1.165) is 0 Å². The highest BCUT2D eigenvalue weighted by atomic mass is 16.5. The van der Waals surface area contributed by atoms with Crippen molar-refractivity contribution in [3.05, 3.63) is 88.8 Å². The third-order valence-corrected chi connectivity index (χ3v) is 5.57. The number of phenols is 3. The standard InChI is InChI=1S/C27H21N3O9/c1-37-19-10-13(4-7-16(19)31)22(34)25-28-26(23(35)14-5-8-17(32)20(11-14)38-2)30-27(29-25)24(36)15-6-9-18(33)21(12-15)39-3/h4-12,31-33H,1-3H3. The highest BCUT2D eigenvalue weighted by Crippen LogP contribution is 2.29. The van der Waals surface area contributed by atoms with E-state index in [1.54, 1.807) is 0 Å². The van der Waals surface area contributed by atoms with Gasteiger partial charge in [-0.3, -0.25) is 14.4 Å². The van der Waals surface area contributed by atoms with E-state index >= 15 is 0 Å². The van der Waals surface area contributed by atoms with Crippen LogP contribution in [0, 0.1) is 0 Å². The monoisotopic (exact) mass is 531 g/mol. The number of ether oxygens (including phenoxy) is 3.